The van der Waals surface area contributed by atoms with E-state index >= 15 is 0 Å². The standard InChI is InChI=1S/C16H23N3O/c1-17-16(19-15-8-3-4-9-15)18-11-13-6-5-7-14(10-13)12-20-2/h3-7,10,15H,8-9,11-12H2,1-2H3,(H2,17,18,19). The molecule has 0 spiro atoms. The van der Waals surface area contributed by atoms with Crippen molar-refractivity contribution in [2.45, 2.75) is 32.0 Å². The molecule has 0 aliphatic heterocycles. The molecule has 1 aromatic carbocycles. The van der Waals surface area contributed by atoms with E-state index in [0.29, 0.717) is 12.6 Å². The summed E-state index contributed by atoms with van der Waals surface area (Å²) in [5.74, 6) is 0.857. The van der Waals surface area contributed by atoms with Gasteiger partial charge in [-0.05, 0) is 24.0 Å². The van der Waals surface area contributed by atoms with Crippen molar-refractivity contribution in [3.05, 3.63) is 47.5 Å². The topological polar surface area (TPSA) is 45.7 Å². The van der Waals surface area contributed by atoms with Crippen LogP contribution in [0, 0.1) is 0 Å². The van der Waals surface area contributed by atoms with Crippen LogP contribution in [0.5, 0.6) is 0 Å². The van der Waals surface area contributed by atoms with Crippen molar-refractivity contribution >= 4 is 5.96 Å². The first-order chi connectivity index (χ1) is 9.81. The molecule has 20 heavy (non-hydrogen) atoms. The summed E-state index contributed by atoms with van der Waals surface area (Å²) in [6.45, 7) is 1.41. The van der Waals surface area contributed by atoms with Crippen molar-refractivity contribution in [1.82, 2.24) is 10.6 Å². The van der Waals surface area contributed by atoms with Crippen LogP contribution in [0.4, 0.5) is 0 Å². The SMILES string of the molecule is CN=C(NCc1cccc(COC)c1)NC1CC=CC1. The average Bonchev–Trinajstić information content (AvgIpc) is 2.97. The molecule has 0 amide bonds. The maximum absolute atomic E-state index is 5.15. The zero-order chi connectivity index (χ0) is 14.2. The van der Waals surface area contributed by atoms with Crippen molar-refractivity contribution in [3.63, 3.8) is 0 Å². The van der Waals surface area contributed by atoms with Gasteiger partial charge in [0.2, 0.25) is 0 Å². The number of hydrogen-bond acceptors (Lipinski definition) is 2. The van der Waals surface area contributed by atoms with E-state index in [0.717, 1.165) is 25.3 Å². The van der Waals surface area contributed by atoms with Crippen molar-refractivity contribution < 1.29 is 4.74 Å². The Kier molecular flexibility index (Phi) is 5.62. The highest BCUT2D eigenvalue weighted by molar-refractivity contribution is 5.80. The second kappa shape index (κ2) is 7.70. The van der Waals surface area contributed by atoms with Gasteiger partial charge < -0.3 is 15.4 Å². The number of hydrogen-bond donors (Lipinski definition) is 2. The minimum absolute atomic E-state index is 0.473. The predicted molar refractivity (Wildman–Crippen MR) is 82.7 cm³/mol. The molecule has 1 aromatic rings. The maximum Gasteiger partial charge on any atom is 0.191 e. The number of rotatable bonds is 5. The molecule has 0 bridgehead atoms. The van der Waals surface area contributed by atoms with Gasteiger partial charge in [0.15, 0.2) is 5.96 Å². The summed E-state index contributed by atoms with van der Waals surface area (Å²) in [7, 11) is 3.52. The van der Waals surface area contributed by atoms with Crippen LogP contribution in [0.2, 0.25) is 0 Å². The summed E-state index contributed by atoms with van der Waals surface area (Å²) < 4.78 is 5.15. The van der Waals surface area contributed by atoms with Crippen LogP contribution in [0.25, 0.3) is 0 Å². The van der Waals surface area contributed by atoms with Gasteiger partial charge in [-0.25, -0.2) is 0 Å². The van der Waals surface area contributed by atoms with Gasteiger partial charge in [0, 0.05) is 26.7 Å². The molecule has 4 heteroatoms. The third-order valence-corrected chi connectivity index (χ3v) is 3.33. The Hall–Kier alpha value is -1.81. The van der Waals surface area contributed by atoms with Crippen LogP contribution in [0.1, 0.15) is 24.0 Å². The molecule has 0 aromatic heterocycles. The lowest BCUT2D eigenvalue weighted by Gasteiger charge is -2.17. The molecule has 0 fully saturated rings. The summed E-state index contributed by atoms with van der Waals surface area (Å²) in [4.78, 5) is 4.27. The van der Waals surface area contributed by atoms with Crippen molar-refractivity contribution in [2.75, 3.05) is 14.2 Å². The number of nitrogens with one attached hydrogen (secondary N) is 2. The van der Waals surface area contributed by atoms with Crippen LogP contribution in [0.3, 0.4) is 0 Å². The maximum atomic E-state index is 5.15. The molecular weight excluding hydrogens is 250 g/mol. The third-order valence-electron chi connectivity index (χ3n) is 3.33. The molecule has 0 saturated carbocycles. The van der Waals surface area contributed by atoms with Gasteiger partial charge in [-0.2, -0.15) is 0 Å². The van der Waals surface area contributed by atoms with Gasteiger partial charge in [0.1, 0.15) is 0 Å². The van der Waals surface area contributed by atoms with Gasteiger partial charge in [-0.3, -0.25) is 4.99 Å². The minimum atomic E-state index is 0.473. The molecule has 2 rings (SSSR count). The van der Waals surface area contributed by atoms with E-state index in [1.165, 1.54) is 11.1 Å². The van der Waals surface area contributed by atoms with E-state index in [9.17, 15) is 0 Å². The second-order valence-corrected chi connectivity index (χ2v) is 4.96. The Bertz CT molecular complexity index is 474. The highest BCUT2D eigenvalue weighted by atomic mass is 16.5. The number of ether oxygens (including phenoxy) is 1. The normalized spacial score (nSPS) is 15.6. The highest BCUT2D eigenvalue weighted by Gasteiger charge is 2.11. The smallest absolute Gasteiger partial charge is 0.191 e. The fourth-order valence-electron chi connectivity index (χ4n) is 2.30. The lowest BCUT2D eigenvalue weighted by molar-refractivity contribution is 0.185. The number of benzene rings is 1. The molecule has 0 heterocycles. The van der Waals surface area contributed by atoms with E-state index in [1.54, 1.807) is 14.2 Å². The van der Waals surface area contributed by atoms with Crippen molar-refractivity contribution in [3.8, 4) is 0 Å². The summed E-state index contributed by atoms with van der Waals surface area (Å²) in [6, 6.07) is 8.87. The zero-order valence-electron chi connectivity index (χ0n) is 12.2. The minimum Gasteiger partial charge on any atom is -0.380 e. The van der Waals surface area contributed by atoms with E-state index in [-0.39, 0.29) is 0 Å². The molecule has 108 valence electrons. The highest BCUT2D eigenvalue weighted by Crippen LogP contribution is 2.09. The average molecular weight is 273 g/mol. The molecule has 0 radical (unpaired) electrons. The zero-order valence-corrected chi connectivity index (χ0v) is 12.2. The Morgan fingerprint density at radius 3 is 2.75 bits per heavy atom. The van der Waals surface area contributed by atoms with E-state index in [2.05, 4.69) is 52.0 Å². The van der Waals surface area contributed by atoms with Gasteiger partial charge >= 0.3 is 0 Å². The van der Waals surface area contributed by atoms with Gasteiger partial charge in [-0.1, -0.05) is 36.4 Å². The number of aliphatic imine (C=N–C) groups is 1. The number of methoxy groups -OCH3 is 1. The van der Waals surface area contributed by atoms with Crippen molar-refractivity contribution in [1.29, 1.82) is 0 Å². The van der Waals surface area contributed by atoms with Crippen molar-refractivity contribution in [2.24, 2.45) is 4.99 Å². The predicted octanol–water partition coefficient (Wildman–Crippen LogP) is 2.22. The summed E-state index contributed by atoms with van der Waals surface area (Å²) in [6.07, 6.45) is 6.56. The summed E-state index contributed by atoms with van der Waals surface area (Å²) in [5.41, 5.74) is 2.42. The van der Waals surface area contributed by atoms with Crippen LogP contribution in [-0.4, -0.2) is 26.2 Å². The third kappa shape index (κ3) is 4.38. The molecule has 0 saturated heterocycles. The van der Waals surface area contributed by atoms with Crippen LogP contribution >= 0.6 is 0 Å². The molecule has 1 aliphatic rings. The Balaban J connectivity index is 1.84. The fraction of sp³-hybridized carbons (Fsp3) is 0.438. The molecule has 0 unspecified atom stereocenters. The van der Waals surface area contributed by atoms with Gasteiger partial charge in [-0.15, -0.1) is 0 Å². The summed E-state index contributed by atoms with van der Waals surface area (Å²) in [5, 5.41) is 6.78. The molecule has 0 atom stereocenters. The van der Waals surface area contributed by atoms with E-state index < -0.39 is 0 Å². The quantitative estimate of drug-likeness (QED) is 0.491. The van der Waals surface area contributed by atoms with Crippen LogP contribution in [0.15, 0.2) is 41.4 Å². The largest absolute Gasteiger partial charge is 0.380 e. The second-order valence-electron chi connectivity index (χ2n) is 4.96. The first-order valence-electron chi connectivity index (χ1n) is 7.00. The molecule has 1 aliphatic carbocycles. The number of guanidine groups is 1. The Labute approximate surface area is 120 Å². The lowest BCUT2D eigenvalue weighted by Crippen LogP contribution is -2.42. The number of nitrogens with zero attached hydrogens (tertiary/aromatic N) is 1. The van der Waals surface area contributed by atoms with Gasteiger partial charge in [0.05, 0.1) is 6.61 Å². The van der Waals surface area contributed by atoms with Crippen LogP contribution in [-0.2, 0) is 17.9 Å². The lowest BCUT2D eigenvalue weighted by atomic mass is 10.1. The molecule has 4 nitrogen and oxygen atoms in total. The van der Waals surface area contributed by atoms with Gasteiger partial charge in [0.25, 0.3) is 0 Å². The fourth-order valence-corrected chi connectivity index (χ4v) is 2.30. The van der Waals surface area contributed by atoms with Crippen LogP contribution < -0.4 is 10.6 Å². The monoisotopic (exact) mass is 273 g/mol. The van der Waals surface area contributed by atoms with E-state index in [1.807, 2.05) is 0 Å². The first-order valence-corrected chi connectivity index (χ1v) is 7.00. The molecule has 2 N–H and O–H groups in total. The Morgan fingerprint density at radius 2 is 2.05 bits per heavy atom. The molecular formula is C16H23N3O. The summed E-state index contributed by atoms with van der Waals surface area (Å²) >= 11 is 0. The van der Waals surface area contributed by atoms with E-state index in [4.69, 9.17) is 4.74 Å². The Morgan fingerprint density at radius 1 is 1.30 bits per heavy atom. The first kappa shape index (κ1) is 14.6.